The van der Waals surface area contributed by atoms with Gasteiger partial charge < -0.3 is 21.6 Å². The largest absolute Gasteiger partial charge is 0.395 e. The molecule has 0 amide bonds. The van der Waals surface area contributed by atoms with Crippen molar-refractivity contribution in [3.8, 4) is 0 Å². The molecule has 0 saturated heterocycles. The summed E-state index contributed by atoms with van der Waals surface area (Å²) in [6.07, 6.45) is -2.96. The average molecular weight is 218 g/mol. The third-order valence-corrected chi connectivity index (χ3v) is 1.77. The first-order chi connectivity index (χ1) is 6.97. The van der Waals surface area contributed by atoms with E-state index in [9.17, 15) is 18.9 Å². The fourth-order valence-corrected chi connectivity index (χ4v) is 1.04. The maximum Gasteiger partial charge on any atom is 0.364 e. The molecule has 0 fully saturated rings. The van der Waals surface area contributed by atoms with E-state index in [1.807, 2.05) is 0 Å². The fourth-order valence-electron chi connectivity index (χ4n) is 1.04. The van der Waals surface area contributed by atoms with Gasteiger partial charge in [0.15, 0.2) is 0 Å². The van der Waals surface area contributed by atoms with Crippen LogP contribution in [0.15, 0.2) is 6.07 Å². The zero-order valence-electron chi connectivity index (χ0n) is 7.48. The summed E-state index contributed by atoms with van der Waals surface area (Å²) in [4.78, 5) is 12.7. The van der Waals surface area contributed by atoms with Crippen LogP contribution in [-0.2, 0) is 6.54 Å². The Bertz CT molecular complexity index is 397. The zero-order valence-corrected chi connectivity index (χ0v) is 7.48. The lowest BCUT2D eigenvalue weighted by molar-refractivity contribution is -0.389. The van der Waals surface area contributed by atoms with Crippen molar-refractivity contribution in [1.29, 1.82) is 0 Å². The molecule has 1 aromatic heterocycles. The van der Waals surface area contributed by atoms with Gasteiger partial charge in [0.05, 0.1) is 5.69 Å². The van der Waals surface area contributed by atoms with Gasteiger partial charge in [-0.3, -0.25) is 0 Å². The van der Waals surface area contributed by atoms with Gasteiger partial charge in [-0.15, -0.1) is 0 Å². The van der Waals surface area contributed by atoms with Gasteiger partial charge in [-0.2, -0.15) is 0 Å². The van der Waals surface area contributed by atoms with E-state index < -0.39 is 22.9 Å². The minimum atomic E-state index is -2.96. The first-order valence-corrected chi connectivity index (χ1v) is 3.89. The van der Waals surface area contributed by atoms with Crippen molar-refractivity contribution in [2.45, 2.75) is 13.0 Å². The van der Waals surface area contributed by atoms with E-state index in [1.54, 1.807) is 0 Å². The van der Waals surface area contributed by atoms with Gasteiger partial charge in [-0.1, -0.05) is 0 Å². The second-order valence-corrected chi connectivity index (χ2v) is 2.70. The third kappa shape index (κ3) is 2.15. The topological polar surface area (TPSA) is 108 Å². The second kappa shape index (κ2) is 4.13. The molecule has 0 spiro atoms. The molecule has 0 aliphatic carbocycles. The number of alkyl halides is 2. The molecule has 15 heavy (non-hydrogen) atoms. The van der Waals surface area contributed by atoms with Crippen molar-refractivity contribution in [2.24, 2.45) is 5.73 Å². The smallest absolute Gasteiger partial charge is 0.364 e. The number of nitrogens with two attached hydrogens (primary N) is 2. The van der Waals surface area contributed by atoms with Crippen molar-refractivity contribution in [1.82, 2.24) is 4.98 Å². The molecule has 4 N–H and O–H groups in total. The van der Waals surface area contributed by atoms with E-state index >= 15 is 0 Å². The summed E-state index contributed by atoms with van der Waals surface area (Å²) in [6, 6.07) is 0.987. The van der Waals surface area contributed by atoms with E-state index in [4.69, 9.17) is 11.5 Å². The highest BCUT2D eigenvalue weighted by molar-refractivity contribution is 5.54. The predicted molar refractivity (Wildman–Crippen MR) is 48.2 cm³/mol. The highest BCUT2D eigenvalue weighted by atomic mass is 19.3. The van der Waals surface area contributed by atoms with Crippen LogP contribution in [0, 0.1) is 10.1 Å². The molecular formula is C7H8F2N4O2. The maximum absolute atomic E-state index is 12.4. The maximum atomic E-state index is 12.4. The van der Waals surface area contributed by atoms with Gasteiger partial charge in [0, 0.05) is 18.2 Å². The van der Waals surface area contributed by atoms with Crippen molar-refractivity contribution in [2.75, 3.05) is 5.73 Å². The van der Waals surface area contributed by atoms with E-state index in [0.717, 1.165) is 6.07 Å². The molecule has 0 aliphatic rings. The summed E-state index contributed by atoms with van der Waals surface area (Å²) in [5.41, 5.74) is 9.53. The fraction of sp³-hybridized carbons (Fsp3) is 0.286. The number of nitro groups is 1. The first kappa shape index (κ1) is 11.2. The molecule has 1 rings (SSSR count). The molecule has 0 atom stereocenters. The Morgan fingerprint density at radius 1 is 1.60 bits per heavy atom. The quantitative estimate of drug-likeness (QED) is 0.580. The SMILES string of the molecule is NCc1cc([N+](=O)[O-])nc(C(F)F)c1N. The van der Waals surface area contributed by atoms with E-state index in [0.29, 0.717) is 0 Å². The Hall–Kier alpha value is -1.83. The molecule has 0 radical (unpaired) electrons. The molecule has 0 bridgehead atoms. The summed E-state index contributed by atoms with van der Waals surface area (Å²) >= 11 is 0. The Labute approximate surface area is 83.0 Å². The number of pyridine rings is 1. The molecule has 6 nitrogen and oxygen atoms in total. The van der Waals surface area contributed by atoms with Crippen LogP contribution < -0.4 is 11.5 Å². The predicted octanol–water partition coefficient (Wildman–Crippen LogP) is 0.968. The number of nitrogens with zero attached hydrogens (tertiary/aromatic N) is 2. The first-order valence-electron chi connectivity index (χ1n) is 3.89. The van der Waals surface area contributed by atoms with Gasteiger partial charge in [-0.05, 0) is 9.91 Å². The molecule has 0 unspecified atom stereocenters. The Morgan fingerprint density at radius 2 is 2.20 bits per heavy atom. The highest BCUT2D eigenvalue weighted by Gasteiger charge is 2.24. The van der Waals surface area contributed by atoms with Crippen LogP contribution in [0.2, 0.25) is 0 Å². The van der Waals surface area contributed by atoms with Crippen LogP contribution in [0.3, 0.4) is 0 Å². The van der Waals surface area contributed by atoms with E-state index in [1.165, 1.54) is 0 Å². The van der Waals surface area contributed by atoms with Gasteiger partial charge in [-0.25, -0.2) is 8.78 Å². The molecule has 1 heterocycles. The van der Waals surface area contributed by atoms with Crippen LogP contribution in [0.25, 0.3) is 0 Å². The Morgan fingerprint density at radius 3 is 2.60 bits per heavy atom. The molecular weight excluding hydrogens is 210 g/mol. The molecule has 8 heteroatoms. The van der Waals surface area contributed by atoms with Crippen molar-refractivity contribution in [3.05, 3.63) is 27.4 Å². The summed E-state index contributed by atoms with van der Waals surface area (Å²) in [6.45, 7) is -0.158. The summed E-state index contributed by atoms with van der Waals surface area (Å²) in [5.74, 6) is -0.681. The lowest BCUT2D eigenvalue weighted by atomic mass is 10.1. The van der Waals surface area contributed by atoms with E-state index in [2.05, 4.69) is 4.98 Å². The highest BCUT2D eigenvalue weighted by Crippen LogP contribution is 2.28. The Kier molecular flexibility index (Phi) is 3.10. The number of hydrogen-bond acceptors (Lipinski definition) is 5. The number of rotatable bonds is 3. The zero-order chi connectivity index (χ0) is 11.6. The monoisotopic (exact) mass is 218 g/mol. The minimum Gasteiger partial charge on any atom is -0.395 e. The minimum absolute atomic E-state index is 0.0898. The van der Waals surface area contributed by atoms with Crippen LogP contribution in [0.5, 0.6) is 0 Å². The Balaban J connectivity index is 3.38. The number of nitrogen functional groups attached to an aromatic ring is 1. The number of hydrogen-bond donors (Lipinski definition) is 2. The molecule has 0 saturated carbocycles. The van der Waals surface area contributed by atoms with E-state index in [-0.39, 0.29) is 17.8 Å². The van der Waals surface area contributed by atoms with Crippen LogP contribution >= 0.6 is 0 Å². The summed E-state index contributed by atoms with van der Waals surface area (Å²) in [7, 11) is 0. The lowest BCUT2D eigenvalue weighted by Crippen LogP contribution is -2.09. The van der Waals surface area contributed by atoms with Crippen LogP contribution in [0.4, 0.5) is 20.3 Å². The van der Waals surface area contributed by atoms with Crippen LogP contribution in [-0.4, -0.2) is 9.91 Å². The summed E-state index contributed by atoms with van der Waals surface area (Å²) in [5, 5.41) is 10.4. The van der Waals surface area contributed by atoms with Crippen molar-refractivity contribution in [3.63, 3.8) is 0 Å². The molecule has 82 valence electrons. The summed E-state index contributed by atoms with van der Waals surface area (Å²) < 4.78 is 24.8. The van der Waals surface area contributed by atoms with Gasteiger partial charge in [0.2, 0.25) is 5.69 Å². The molecule has 1 aromatic rings. The lowest BCUT2D eigenvalue weighted by Gasteiger charge is -2.05. The van der Waals surface area contributed by atoms with Crippen LogP contribution in [0.1, 0.15) is 17.7 Å². The average Bonchev–Trinajstić information content (AvgIpc) is 2.17. The van der Waals surface area contributed by atoms with Crippen molar-refractivity contribution >= 4 is 11.5 Å². The number of halogens is 2. The number of anilines is 1. The van der Waals surface area contributed by atoms with Gasteiger partial charge in [0.1, 0.15) is 0 Å². The molecule has 0 aliphatic heterocycles. The van der Waals surface area contributed by atoms with Gasteiger partial charge in [0.25, 0.3) is 0 Å². The standard InChI is InChI=1S/C7H8F2N4O2/c8-7(9)6-5(11)3(2-10)1-4(12-6)13(14)15/h1,7H,2,10-11H2. The number of aromatic nitrogens is 1. The normalized spacial score (nSPS) is 10.7. The second-order valence-electron chi connectivity index (χ2n) is 2.70. The third-order valence-electron chi connectivity index (χ3n) is 1.77. The molecule has 0 aromatic carbocycles. The van der Waals surface area contributed by atoms with Crippen molar-refractivity contribution < 1.29 is 13.7 Å². The van der Waals surface area contributed by atoms with Gasteiger partial charge >= 0.3 is 12.2 Å².